The maximum atomic E-state index is 12.3. The van der Waals surface area contributed by atoms with Crippen LogP contribution >= 0.6 is 27.5 Å². The summed E-state index contributed by atoms with van der Waals surface area (Å²) in [6.07, 6.45) is 0.715. The topological polar surface area (TPSA) is 59.6 Å². The van der Waals surface area contributed by atoms with Gasteiger partial charge in [0.1, 0.15) is 0 Å². The molecule has 7 heteroatoms. The Morgan fingerprint density at radius 1 is 1.57 bits per heavy atom. The number of carbonyl (C=O) groups is 1. The maximum absolute atomic E-state index is 12.3. The van der Waals surface area contributed by atoms with Crippen LogP contribution < -0.4 is 15.4 Å². The fourth-order valence-corrected chi connectivity index (χ4v) is 3.17. The number of hydrogen-bond acceptors (Lipinski definition) is 4. The van der Waals surface area contributed by atoms with Gasteiger partial charge in [-0.2, -0.15) is 0 Å². The van der Waals surface area contributed by atoms with Gasteiger partial charge in [-0.15, -0.1) is 0 Å². The summed E-state index contributed by atoms with van der Waals surface area (Å²) in [4.78, 5) is 12.3. The number of benzene rings is 1. The standard InChI is InChI=1S/C14H18BrClN2O3/c1-3-21-13-10(15)4-8(16)5-11(13)18-14(19)12-6-9(20-2)7-17-12/h4-5,9,12,17H,3,6-7H2,1-2H3,(H,18,19). The molecule has 0 saturated carbocycles. The quantitative estimate of drug-likeness (QED) is 0.828. The van der Waals surface area contributed by atoms with Crippen molar-refractivity contribution >= 4 is 39.1 Å². The van der Waals surface area contributed by atoms with E-state index in [1.165, 1.54) is 0 Å². The van der Waals surface area contributed by atoms with Gasteiger partial charge in [-0.1, -0.05) is 11.6 Å². The van der Waals surface area contributed by atoms with E-state index < -0.39 is 0 Å². The van der Waals surface area contributed by atoms with E-state index in [-0.39, 0.29) is 18.1 Å². The van der Waals surface area contributed by atoms with E-state index in [9.17, 15) is 4.79 Å². The fourth-order valence-electron chi connectivity index (χ4n) is 2.25. The lowest BCUT2D eigenvalue weighted by atomic mass is 10.2. The Hall–Kier alpha value is -0.820. The van der Waals surface area contributed by atoms with Gasteiger partial charge < -0.3 is 20.1 Å². The van der Waals surface area contributed by atoms with Gasteiger partial charge in [-0.25, -0.2) is 0 Å². The number of hydrogen-bond donors (Lipinski definition) is 2. The van der Waals surface area contributed by atoms with Gasteiger partial charge in [-0.3, -0.25) is 4.79 Å². The van der Waals surface area contributed by atoms with E-state index in [1.807, 2.05) is 6.92 Å². The predicted octanol–water partition coefficient (Wildman–Crippen LogP) is 2.82. The van der Waals surface area contributed by atoms with Crippen LogP contribution in [0.15, 0.2) is 16.6 Å². The first kappa shape index (κ1) is 16.5. The number of carbonyl (C=O) groups excluding carboxylic acids is 1. The molecule has 2 atom stereocenters. The minimum absolute atomic E-state index is 0.0678. The normalized spacial score (nSPS) is 21.3. The van der Waals surface area contributed by atoms with Gasteiger partial charge in [0.05, 0.1) is 28.9 Å². The van der Waals surface area contributed by atoms with Crippen LogP contribution in [-0.2, 0) is 9.53 Å². The Kier molecular flexibility index (Phi) is 5.87. The van der Waals surface area contributed by atoms with Crippen molar-refractivity contribution in [2.45, 2.75) is 25.5 Å². The second-order valence-electron chi connectivity index (χ2n) is 4.74. The summed E-state index contributed by atoms with van der Waals surface area (Å²) in [7, 11) is 1.65. The lowest BCUT2D eigenvalue weighted by molar-refractivity contribution is -0.118. The molecule has 2 N–H and O–H groups in total. The van der Waals surface area contributed by atoms with Crippen molar-refractivity contribution in [2.75, 3.05) is 25.6 Å². The third kappa shape index (κ3) is 4.10. The molecule has 1 fully saturated rings. The molecule has 1 amide bonds. The fraction of sp³-hybridized carbons (Fsp3) is 0.500. The summed E-state index contributed by atoms with van der Waals surface area (Å²) in [6.45, 7) is 3.05. The lowest BCUT2D eigenvalue weighted by Gasteiger charge is -2.16. The minimum Gasteiger partial charge on any atom is -0.491 e. The van der Waals surface area contributed by atoms with Gasteiger partial charge in [0.15, 0.2) is 5.75 Å². The van der Waals surface area contributed by atoms with Crippen molar-refractivity contribution in [1.82, 2.24) is 5.32 Å². The lowest BCUT2D eigenvalue weighted by Crippen LogP contribution is -2.35. The highest BCUT2D eigenvalue weighted by Gasteiger charge is 2.30. The van der Waals surface area contributed by atoms with Gasteiger partial charge in [0.2, 0.25) is 5.91 Å². The van der Waals surface area contributed by atoms with Gasteiger partial charge >= 0.3 is 0 Å². The summed E-state index contributed by atoms with van der Waals surface area (Å²) in [5.74, 6) is 0.459. The molecular formula is C14H18BrClN2O3. The van der Waals surface area contributed by atoms with Crippen LogP contribution in [0.3, 0.4) is 0 Å². The second kappa shape index (κ2) is 7.45. The Morgan fingerprint density at radius 2 is 2.33 bits per heavy atom. The van der Waals surface area contributed by atoms with Crippen LogP contribution in [0.25, 0.3) is 0 Å². The first-order valence-electron chi connectivity index (χ1n) is 6.74. The molecule has 0 aliphatic carbocycles. The summed E-state index contributed by atoms with van der Waals surface area (Å²) in [5, 5.41) is 6.53. The zero-order chi connectivity index (χ0) is 15.4. The maximum Gasteiger partial charge on any atom is 0.241 e. The van der Waals surface area contributed by atoms with Crippen LogP contribution in [0.4, 0.5) is 5.69 Å². The summed E-state index contributed by atoms with van der Waals surface area (Å²) in [6, 6.07) is 3.14. The Morgan fingerprint density at radius 3 is 2.95 bits per heavy atom. The molecule has 1 heterocycles. The third-order valence-corrected chi connectivity index (χ3v) is 4.10. The number of methoxy groups -OCH3 is 1. The number of ether oxygens (including phenoxy) is 2. The van der Waals surface area contributed by atoms with Crippen LogP contribution in [-0.4, -0.2) is 38.3 Å². The van der Waals surface area contributed by atoms with Crippen molar-refractivity contribution < 1.29 is 14.3 Å². The van der Waals surface area contributed by atoms with E-state index in [4.69, 9.17) is 21.1 Å². The number of halogens is 2. The van der Waals surface area contributed by atoms with Crippen molar-refractivity contribution in [3.63, 3.8) is 0 Å². The van der Waals surface area contributed by atoms with E-state index in [0.29, 0.717) is 40.5 Å². The van der Waals surface area contributed by atoms with Crippen molar-refractivity contribution in [2.24, 2.45) is 0 Å². The van der Waals surface area contributed by atoms with E-state index in [0.717, 1.165) is 0 Å². The number of nitrogens with one attached hydrogen (secondary N) is 2. The highest BCUT2D eigenvalue weighted by atomic mass is 79.9. The third-order valence-electron chi connectivity index (χ3n) is 3.30. The van der Waals surface area contributed by atoms with Crippen LogP contribution in [0.2, 0.25) is 5.02 Å². The molecule has 0 bridgehead atoms. The van der Waals surface area contributed by atoms with Gasteiger partial charge in [0.25, 0.3) is 0 Å². The molecular weight excluding hydrogens is 360 g/mol. The summed E-state index contributed by atoms with van der Waals surface area (Å²) >= 11 is 9.44. The molecule has 1 aliphatic heterocycles. The molecule has 1 aliphatic rings. The first-order chi connectivity index (χ1) is 10.0. The molecule has 116 valence electrons. The van der Waals surface area contributed by atoms with E-state index in [1.54, 1.807) is 19.2 Å². The number of amides is 1. The zero-order valence-electron chi connectivity index (χ0n) is 11.9. The smallest absolute Gasteiger partial charge is 0.241 e. The highest BCUT2D eigenvalue weighted by Crippen LogP contribution is 2.36. The molecule has 1 aromatic rings. The average Bonchev–Trinajstić information content (AvgIpc) is 2.91. The molecule has 5 nitrogen and oxygen atoms in total. The van der Waals surface area contributed by atoms with Crippen molar-refractivity contribution in [1.29, 1.82) is 0 Å². The molecule has 1 saturated heterocycles. The molecule has 21 heavy (non-hydrogen) atoms. The molecule has 0 spiro atoms. The molecule has 1 aromatic carbocycles. The van der Waals surface area contributed by atoms with Crippen molar-refractivity contribution in [3.05, 3.63) is 21.6 Å². The highest BCUT2D eigenvalue weighted by molar-refractivity contribution is 9.10. The van der Waals surface area contributed by atoms with Crippen LogP contribution in [0, 0.1) is 0 Å². The molecule has 2 unspecified atom stereocenters. The van der Waals surface area contributed by atoms with Crippen molar-refractivity contribution in [3.8, 4) is 5.75 Å². The number of rotatable bonds is 5. The molecule has 2 rings (SSSR count). The first-order valence-corrected chi connectivity index (χ1v) is 7.91. The monoisotopic (exact) mass is 376 g/mol. The molecule has 0 radical (unpaired) electrons. The SMILES string of the molecule is CCOc1c(Br)cc(Cl)cc1NC(=O)C1CC(OC)CN1. The van der Waals surface area contributed by atoms with Crippen LogP contribution in [0.1, 0.15) is 13.3 Å². The minimum atomic E-state index is -0.276. The van der Waals surface area contributed by atoms with E-state index >= 15 is 0 Å². The Labute approximate surface area is 137 Å². The Bertz CT molecular complexity index is 527. The summed E-state index contributed by atoms with van der Waals surface area (Å²) in [5.41, 5.74) is 0.559. The van der Waals surface area contributed by atoms with Gasteiger partial charge in [0, 0.05) is 18.7 Å². The van der Waals surface area contributed by atoms with E-state index in [2.05, 4.69) is 26.6 Å². The average molecular weight is 378 g/mol. The Balaban J connectivity index is 2.13. The summed E-state index contributed by atoms with van der Waals surface area (Å²) < 4.78 is 11.5. The van der Waals surface area contributed by atoms with Crippen LogP contribution in [0.5, 0.6) is 5.75 Å². The predicted molar refractivity (Wildman–Crippen MR) is 86.2 cm³/mol. The largest absolute Gasteiger partial charge is 0.491 e. The molecule has 0 aromatic heterocycles. The van der Waals surface area contributed by atoms with Gasteiger partial charge in [-0.05, 0) is 41.4 Å². The second-order valence-corrected chi connectivity index (χ2v) is 6.03. The number of anilines is 1. The zero-order valence-corrected chi connectivity index (χ0v) is 14.3.